The van der Waals surface area contributed by atoms with E-state index in [9.17, 15) is 18.0 Å². The highest BCUT2D eigenvalue weighted by atomic mass is 35.5. The van der Waals surface area contributed by atoms with E-state index in [1.165, 1.54) is 31.2 Å². The first-order valence-corrected chi connectivity index (χ1v) is 9.45. The molecule has 0 saturated carbocycles. The average Bonchev–Trinajstić information content (AvgIpc) is 2.55. The number of halogens is 1. The van der Waals surface area contributed by atoms with Gasteiger partial charge in [-0.25, -0.2) is 8.42 Å². The van der Waals surface area contributed by atoms with Crippen LogP contribution in [0.4, 0.5) is 11.4 Å². The molecule has 6 nitrogen and oxygen atoms in total. The molecule has 0 aliphatic heterocycles. The molecule has 0 fully saturated rings. The number of carbonyl (C=O) groups excluding carboxylic acids is 2. The van der Waals surface area contributed by atoms with Crippen molar-refractivity contribution in [1.29, 1.82) is 0 Å². The fourth-order valence-corrected chi connectivity index (χ4v) is 3.42. The van der Waals surface area contributed by atoms with E-state index in [0.29, 0.717) is 16.4 Å². The van der Waals surface area contributed by atoms with Crippen LogP contribution in [0, 0.1) is 0 Å². The highest BCUT2D eigenvalue weighted by Gasteiger charge is 2.16. The van der Waals surface area contributed by atoms with Crippen molar-refractivity contribution in [2.75, 3.05) is 16.4 Å². The summed E-state index contributed by atoms with van der Waals surface area (Å²) in [7, 11) is -3.59. The molecule has 2 N–H and O–H groups in total. The van der Waals surface area contributed by atoms with Gasteiger partial charge in [-0.2, -0.15) is 0 Å². The summed E-state index contributed by atoms with van der Waals surface area (Å²) in [6, 6.07) is 12.3. The molecule has 0 aromatic heterocycles. The molecule has 0 aliphatic rings. The molecule has 0 heterocycles. The number of amides is 2. The normalized spacial score (nSPS) is 11.0. The lowest BCUT2D eigenvalue weighted by Crippen LogP contribution is -2.17. The summed E-state index contributed by atoms with van der Waals surface area (Å²) in [6.07, 6.45) is -0.168. The predicted molar refractivity (Wildman–Crippen MR) is 97.5 cm³/mol. The minimum atomic E-state index is -3.59. The summed E-state index contributed by atoms with van der Waals surface area (Å²) in [5, 5.41) is 5.72. The lowest BCUT2D eigenvalue weighted by molar-refractivity contribution is -0.116. The molecule has 0 saturated heterocycles. The Morgan fingerprint density at radius 3 is 2.00 bits per heavy atom. The number of hydrogen-bond donors (Lipinski definition) is 2. The van der Waals surface area contributed by atoms with Crippen LogP contribution in [-0.2, 0) is 19.4 Å². The minimum Gasteiger partial charge on any atom is -0.326 e. The Kier molecular flexibility index (Phi) is 6.17. The van der Waals surface area contributed by atoms with Crippen LogP contribution in [0.1, 0.15) is 13.3 Å². The van der Waals surface area contributed by atoms with E-state index in [4.69, 9.17) is 11.6 Å². The SMILES string of the molecule is CC(=O)Nc1ccc(S(=O)(=O)CCC(=O)Nc2ccc(Cl)cc2)cc1. The second-order valence-corrected chi connectivity index (χ2v) is 7.88. The Morgan fingerprint density at radius 2 is 1.44 bits per heavy atom. The zero-order valence-electron chi connectivity index (χ0n) is 13.5. The molecule has 132 valence electrons. The highest BCUT2D eigenvalue weighted by molar-refractivity contribution is 7.91. The van der Waals surface area contributed by atoms with Crippen molar-refractivity contribution in [3.63, 3.8) is 0 Å². The van der Waals surface area contributed by atoms with Crippen molar-refractivity contribution in [2.24, 2.45) is 0 Å². The second kappa shape index (κ2) is 8.13. The van der Waals surface area contributed by atoms with Gasteiger partial charge in [0.1, 0.15) is 0 Å². The summed E-state index contributed by atoms with van der Waals surface area (Å²) < 4.78 is 24.6. The summed E-state index contributed by atoms with van der Waals surface area (Å²) in [5.74, 6) is -0.957. The number of benzene rings is 2. The fourth-order valence-electron chi connectivity index (χ4n) is 2.05. The number of sulfone groups is 1. The first kappa shape index (κ1) is 19.0. The van der Waals surface area contributed by atoms with Crippen LogP contribution < -0.4 is 10.6 Å². The van der Waals surface area contributed by atoms with Crippen molar-refractivity contribution < 1.29 is 18.0 Å². The molecule has 8 heteroatoms. The number of nitrogens with one attached hydrogen (secondary N) is 2. The van der Waals surface area contributed by atoms with Gasteiger partial charge in [0, 0.05) is 29.7 Å². The van der Waals surface area contributed by atoms with Crippen molar-refractivity contribution >= 4 is 44.6 Å². The fraction of sp³-hybridized carbons (Fsp3) is 0.176. The van der Waals surface area contributed by atoms with E-state index in [2.05, 4.69) is 10.6 Å². The Hall–Kier alpha value is -2.38. The summed E-state index contributed by atoms with van der Waals surface area (Å²) in [4.78, 5) is 23.0. The van der Waals surface area contributed by atoms with Gasteiger partial charge < -0.3 is 10.6 Å². The standard InChI is InChI=1S/C17H17ClN2O4S/c1-12(21)19-14-6-8-16(9-7-14)25(23,24)11-10-17(22)20-15-4-2-13(18)3-5-15/h2-9H,10-11H2,1H3,(H,19,21)(H,20,22). The average molecular weight is 381 g/mol. The van der Waals surface area contributed by atoms with Gasteiger partial charge in [-0.1, -0.05) is 11.6 Å². The van der Waals surface area contributed by atoms with Crippen LogP contribution in [-0.4, -0.2) is 26.0 Å². The monoisotopic (exact) mass is 380 g/mol. The van der Waals surface area contributed by atoms with E-state index >= 15 is 0 Å². The third-order valence-corrected chi connectivity index (χ3v) is 5.24. The topological polar surface area (TPSA) is 92.3 Å². The zero-order chi connectivity index (χ0) is 18.4. The Bertz CT molecular complexity index is 863. The lowest BCUT2D eigenvalue weighted by atomic mass is 10.3. The molecule has 0 bridgehead atoms. The second-order valence-electron chi connectivity index (χ2n) is 5.33. The number of rotatable bonds is 6. The van der Waals surface area contributed by atoms with Gasteiger partial charge in [-0.15, -0.1) is 0 Å². The summed E-state index contributed by atoms with van der Waals surface area (Å²) in [5.41, 5.74) is 1.05. The predicted octanol–water partition coefficient (Wildman–Crippen LogP) is 3.10. The van der Waals surface area contributed by atoms with Crippen molar-refractivity contribution in [3.05, 3.63) is 53.6 Å². The van der Waals surface area contributed by atoms with Crippen molar-refractivity contribution in [1.82, 2.24) is 0 Å². The summed E-state index contributed by atoms with van der Waals surface area (Å²) in [6.45, 7) is 1.37. The Balaban J connectivity index is 1.95. The minimum absolute atomic E-state index is 0.0981. The van der Waals surface area contributed by atoms with Gasteiger partial charge in [0.05, 0.1) is 10.6 Å². The van der Waals surface area contributed by atoms with E-state index < -0.39 is 15.7 Å². The molecule has 0 radical (unpaired) electrons. The zero-order valence-corrected chi connectivity index (χ0v) is 15.0. The van der Waals surface area contributed by atoms with Gasteiger partial charge in [0.15, 0.2) is 9.84 Å². The molecule has 0 aliphatic carbocycles. The van der Waals surface area contributed by atoms with Gasteiger partial charge in [-0.3, -0.25) is 9.59 Å². The Morgan fingerprint density at radius 1 is 0.920 bits per heavy atom. The Labute approximate surface area is 151 Å². The smallest absolute Gasteiger partial charge is 0.225 e. The van der Waals surface area contributed by atoms with Crippen molar-refractivity contribution in [2.45, 2.75) is 18.2 Å². The van der Waals surface area contributed by atoms with Gasteiger partial charge >= 0.3 is 0 Å². The molecule has 0 spiro atoms. The van der Waals surface area contributed by atoms with Gasteiger partial charge in [-0.05, 0) is 48.5 Å². The number of anilines is 2. The van der Waals surface area contributed by atoms with Crippen LogP contribution in [0.5, 0.6) is 0 Å². The molecule has 0 unspecified atom stereocenters. The summed E-state index contributed by atoms with van der Waals surface area (Å²) >= 11 is 5.76. The largest absolute Gasteiger partial charge is 0.326 e. The number of hydrogen-bond acceptors (Lipinski definition) is 4. The molecule has 2 aromatic rings. The molecular weight excluding hydrogens is 364 g/mol. The van der Waals surface area contributed by atoms with Crippen LogP contribution in [0.3, 0.4) is 0 Å². The molecule has 2 rings (SSSR count). The first-order chi connectivity index (χ1) is 11.8. The maximum absolute atomic E-state index is 12.3. The van der Waals surface area contributed by atoms with E-state index in [-0.39, 0.29) is 23.0 Å². The third kappa shape index (κ3) is 5.88. The van der Waals surface area contributed by atoms with E-state index in [0.717, 1.165) is 0 Å². The van der Waals surface area contributed by atoms with Gasteiger partial charge in [0.25, 0.3) is 0 Å². The van der Waals surface area contributed by atoms with Crippen LogP contribution in [0.15, 0.2) is 53.4 Å². The molecule has 25 heavy (non-hydrogen) atoms. The first-order valence-electron chi connectivity index (χ1n) is 7.42. The van der Waals surface area contributed by atoms with E-state index in [1.54, 1.807) is 24.3 Å². The van der Waals surface area contributed by atoms with Crippen LogP contribution in [0.25, 0.3) is 0 Å². The van der Waals surface area contributed by atoms with Crippen LogP contribution >= 0.6 is 11.6 Å². The molecule has 2 aromatic carbocycles. The molecular formula is C17H17ClN2O4S. The third-order valence-electron chi connectivity index (χ3n) is 3.26. The maximum Gasteiger partial charge on any atom is 0.225 e. The van der Waals surface area contributed by atoms with Crippen LogP contribution in [0.2, 0.25) is 5.02 Å². The van der Waals surface area contributed by atoms with E-state index in [1.807, 2.05) is 0 Å². The van der Waals surface area contributed by atoms with Gasteiger partial charge in [0.2, 0.25) is 11.8 Å². The lowest BCUT2D eigenvalue weighted by Gasteiger charge is -2.07. The molecule has 2 amide bonds. The highest BCUT2D eigenvalue weighted by Crippen LogP contribution is 2.17. The molecule has 0 atom stereocenters. The number of carbonyl (C=O) groups is 2. The van der Waals surface area contributed by atoms with Crippen molar-refractivity contribution in [3.8, 4) is 0 Å². The maximum atomic E-state index is 12.3. The quantitative estimate of drug-likeness (QED) is 0.805.